The summed E-state index contributed by atoms with van der Waals surface area (Å²) in [4.78, 5) is 22.1. The third-order valence-corrected chi connectivity index (χ3v) is 6.67. The van der Waals surface area contributed by atoms with Gasteiger partial charge in [0.2, 0.25) is 5.13 Å². The van der Waals surface area contributed by atoms with Crippen molar-refractivity contribution in [2.24, 2.45) is 0 Å². The summed E-state index contributed by atoms with van der Waals surface area (Å²) < 4.78 is 1.08. The number of amides is 1. The van der Waals surface area contributed by atoms with Gasteiger partial charge in [-0.15, -0.1) is 22.7 Å². The van der Waals surface area contributed by atoms with Crippen LogP contribution in [0.25, 0.3) is 16.8 Å². The molecule has 2 aromatic carbocycles. The van der Waals surface area contributed by atoms with Crippen molar-refractivity contribution in [1.29, 1.82) is 0 Å². The molecule has 4 rings (SSSR count). The van der Waals surface area contributed by atoms with Crippen LogP contribution in [0.4, 0.5) is 5.13 Å². The fourth-order valence-corrected chi connectivity index (χ4v) is 4.66. The molecule has 0 aliphatic rings. The van der Waals surface area contributed by atoms with Crippen LogP contribution < -0.4 is 10.4 Å². The fourth-order valence-electron chi connectivity index (χ4n) is 2.69. The summed E-state index contributed by atoms with van der Waals surface area (Å²) >= 11 is 5.21. The van der Waals surface area contributed by atoms with E-state index < -0.39 is 0 Å². The van der Waals surface area contributed by atoms with Crippen molar-refractivity contribution in [1.82, 2.24) is 15.4 Å². The summed E-state index contributed by atoms with van der Waals surface area (Å²) in [5, 5.41) is 7.21. The number of hydrogen-bond acceptors (Lipinski definition) is 6. The van der Waals surface area contributed by atoms with Crippen molar-refractivity contribution in [2.45, 2.75) is 6.54 Å². The van der Waals surface area contributed by atoms with Crippen molar-refractivity contribution in [3.8, 4) is 10.7 Å². The molecule has 0 saturated carbocycles. The largest absolute Gasteiger partial charge is 0.269 e. The number of carbonyl (C=O) groups excluding carboxylic acids is 1. The third-order valence-electron chi connectivity index (χ3n) is 4.20. The SMILES string of the molecule is C=Cc1csc(-c2csc(N(Cc3ccccc3)NC(=O)c3ccc(I)cc3)n2)n1. The van der Waals surface area contributed by atoms with Crippen LogP contribution in [0, 0.1) is 3.57 Å². The molecule has 0 radical (unpaired) electrons. The van der Waals surface area contributed by atoms with Gasteiger partial charge in [0.1, 0.15) is 10.7 Å². The Hall–Kier alpha value is -2.56. The molecule has 30 heavy (non-hydrogen) atoms. The number of nitrogens with one attached hydrogen (secondary N) is 1. The van der Waals surface area contributed by atoms with E-state index in [0.717, 1.165) is 25.5 Å². The van der Waals surface area contributed by atoms with Crippen LogP contribution in [0.3, 0.4) is 0 Å². The highest BCUT2D eigenvalue weighted by molar-refractivity contribution is 14.1. The fraction of sp³-hybridized carbons (Fsp3) is 0.0455. The Morgan fingerprint density at radius 2 is 1.83 bits per heavy atom. The molecule has 2 aromatic heterocycles. The molecule has 8 heteroatoms. The van der Waals surface area contributed by atoms with Gasteiger partial charge in [0, 0.05) is 19.9 Å². The van der Waals surface area contributed by atoms with E-state index in [1.807, 2.05) is 65.4 Å². The number of anilines is 1. The lowest BCUT2D eigenvalue weighted by molar-refractivity contribution is 0.0948. The van der Waals surface area contributed by atoms with E-state index >= 15 is 0 Å². The highest BCUT2D eigenvalue weighted by atomic mass is 127. The van der Waals surface area contributed by atoms with Gasteiger partial charge in [0.15, 0.2) is 0 Å². The van der Waals surface area contributed by atoms with Crippen LogP contribution in [0.15, 0.2) is 71.9 Å². The van der Waals surface area contributed by atoms with E-state index in [-0.39, 0.29) is 5.91 Å². The molecular weight excluding hydrogens is 527 g/mol. The van der Waals surface area contributed by atoms with Gasteiger partial charge in [0.25, 0.3) is 5.91 Å². The molecule has 1 N–H and O–H groups in total. The number of thiazole rings is 2. The topological polar surface area (TPSA) is 58.1 Å². The quantitative estimate of drug-likeness (QED) is 0.234. The molecule has 2 heterocycles. The smallest absolute Gasteiger partial charge is 0.267 e. The highest BCUT2D eigenvalue weighted by Crippen LogP contribution is 2.30. The lowest BCUT2D eigenvalue weighted by atomic mass is 10.2. The van der Waals surface area contributed by atoms with Gasteiger partial charge in [-0.05, 0) is 58.5 Å². The van der Waals surface area contributed by atoms with Crippen LogP contribution in [0.5, 0.6) is 0 Å². The molecule has 150 valence electrons. The Balaban J connectivity index is 1.60. The molecule has 0 aliphatic carbocycles. The predicted octanol–water partition coefficient (Wildman–Crippen LogP) is 5.87. The molecule has 0 aliphatic heterocycles. The second-order valence-electron chi connectivity index (χ2n) is 6.32. The van der Waals surface area contributed by atoms with E-state index in [1.165, 1.54) is 22.7 Å². The lowest BCUT2D eigenvalue weighted by Crippen LogP contribution is -2.42. The maximum absolute atomic E-state index is 12.8. The Kier molecular flexibility index (Phi) is 6.56. The summed E-state index contributed by atoms with van der Waals surface area (Å²) in [7, 11) is 0. The Labute approximate surface area is 196 Å². The first-order valence-electron chi connectivity index (χ1n) is 9.04. The minimum Gasteiger partial charge on any atom is -0.267 e. The van der Waals surface area contributed by atoms with Crippen molar-refractivity contribution in [3.63, 3.8) is 0 Å². The van der Waals surface area contributed by atoms with E-state index in [1.54, 1.807) is 11.1 Å². The van der Waals surface area contributed by atoms with Gasteiger partial charge >= 0.3 is 0 Å². The van der Waals surface area contributed by atoms with Gasteiger partial charge in [-0.25, -0.2) is 9.97 Å². The number of aromatic nitrogens is 2. The summed E-state index contributed by atoms with van der Waals surface area (Å²) in [6.07, 6.45) is 1.72. The second-order valence-corrected chi connectivity index (χ2v) is 9.26. The maximum Gasteiger partial charge on any atom is 0.269 e. The average molecular weight is 544 g/mol. The van der Waals surface area contributed by atoms with Crippen molar-refractivity contribution in [2.75, 3.05) is 5.01 Å². The normalized spacial score (nSPS) is 10.6. The first-order valence-corrected chi connectivity index (χ1v) is 11.9. The van der Waals surface area contributed by atoms with E-state index in [0.29, 0.717) is 17.2 Å². The number of carbonyl (C=O) groups is 1. The number of benzene rings is 2. The van der Waals surface area contributed by atoms with Crippen LogP contribution in [0.2, 0.25) is 0 Å². The molecule has 5 nitrogen and oxygen atoms in total. The van der Waals surface area contributed by atoms with Crippen LogP contribution in [0.1, 0.15) is 21.6 Å². The number of rotatable bonds is 7. The molecule has 4 aromatic rings. The van der Waals surface area contributed by atoms with E-state index in [9.17, 15) is 4.79 Å². The summed E-state index contributed by atoms with van der Waals surface area (Å²) in [6.45, 7) is 4.25. The molecule has 0 atom stereocenters. The molecule has 0 saturated heterocycles. The standard InChI is InChI=1S/C22H17IN4OS2/c1-2-18-13-29-21(24-18)19-14-30-22(25-19)27(12-15-6-4-3-5-7-15)26-20(28)16-8-10-17(23)11-9-16/h2-11,13-14H,1,12H2,(H,26,28). The second kappa shape index (κ2) is 9.50. The summed E-state index contributed by atoms with van der Waals surface area (Å²) in [6, 6.07) is 17.4. The summed E-state index contributed by atoms with van der Waals surface area (Å²) in [5.41, 5.74) is 6.29. The number of hydrogen-bond donors (Lipinski definition) is 1. The molecule has 0 spiro atoms. The van der Waals surface area contributed by atoms with Crippen LogP contribution in [-0.2, 0) is 6.54 Å². The molecule has 0 unspecified atom stereocenters. The van der Waals surface area contributed by atoms with Crippen LogP contribution >= 0.6 is 45.3 Å². The molecule has 1 amide bonds. The third kappa shape index (κ3) is 4.94. The van der Waals surface area contributed by atoms with Gasteiger partial charge in [-0.3, -0.25) is 15.2 Å². The molecule has 0 fully saturated rings. The minimum atomic E-state index is -0.178. The zero-order valence-corrected chi connectivity index (χ0v) is 19.6. The van der Waals surface area contributed by atoms with Gasteiger partial charge in [-0.2, -0.15) is 0 Å². The maximum atomic E-state index is 12.8. The van der Waals surface area contributed by atoms with Crippen molar-refractivity contribution in [3.05, 3.63) is 92.3 Å². The monoisotopic (exact) mass is 544 g/mol. The summed E-state index contributed by atoms with van der Waals surface area (Å²) in [5.74, 6) is -0.178. The van der Waals surface area contributed by atoms with Gasteiger partial charge < -0.3 is 0 Å². The van der Waals surface area contributed by atoms with Gasteiger partial charge in [0.05, 0.1) is 12.2 Å². The highest BCUT2D eigenvalue weighted by Gasteiger charge is 2.17. The van der Waals surface area contributed by atoms with E-state index in [4.69, 9.17) is 4.98 Å². The Morgan fingerprint density at radius 3 is 2.53 bits per heavy atom. The zero-order valence-electron chi connectivity index (χ0n) is 15.8. The number of halogens is 1. The average Bonchev–Trinajstić information content (AvgIpc) is 3.44. The Bertz CT molecular complexity index is 1160. The number of nitrogens with zero attached hydrogens (tertiary/aromatic N) is 3. The van der Waals surface area contributed by atoms with Crippen LogP contribution in [-0.4, -0.2) is 15.9 Å². The van der Waals surface area contributed by atoms with Gasteiger partial charge in [-0.1, -0.05) is 36.9 Å². The minimum absolute atomic E-state index is 0.178. The van der Waals surface area contributed by atoms with E-state index in [2.05, 4.69) is 39.6 Å². The molecule has 0 bridgehead atoms. The number of hydrazine groups is 1. The predicted molar refractivity (Wildman–Crippen MR) is 133 cm³/mol. The first kappa shape index (κ1) is 20.7. The first-order chi connectivity index (χ1) is 14.6. The van der Waals surface area contributed by atoms with Crippen molar-refractivity contribution < 1.29 is 4.79 Å². The van der Waals surface area contributed by atoms with Crippen molar-refractivity contribution >= 4 is 62.4 Å². The molecular formula is C22H17IN4OS2. The lowest BCUT2D eigenvalue weighted by Gasteiger charge is -2.22. The Morgan fingerprint density at radius 1 is 1.07 bits per heavy atom. The zero-order chi connectivity index (χ0) is 20.9.